The van der Waals surface area contributed by atoms with E-state index in [0.29, 0.717) is 12.3 Å². The highest BCUT2D eigenvalue weighted by Crippen LogP contribution is 2.41. The lowest BCUT2D eigenvalue weighted by molar-refractivity contribution is 0.371. The number of halogens is 1. The summed E-state index contributed by atoms with van der Waals surface area (Å²) >= 11 is 6.11. The van der Waals surface area contributed by atoms with Crippen LogP contribution in [-0.2, 0) is 0 Å². The van der Waals surface area contributed by atoms with Crippen LogP contribution in [0.25, 0.3) is 0 Å². The Morgan fingerprint density at radius 3 is 2.89 bits per heavy atom. The van der Waals surface area contributed by atoms with Crippen LogP contribution in [0.2, 0.25) is 5.02 Å². The van der Waals surface area contributed by atoms with Crippen LogP contribution < -0.4 is 4.90 Å². The van der Waals surface area contributed by atoms with Gasteiger partial charge in [0.15, 0.2) is 0 Å². The normalized spacial score (nSPS) is 21.9. The van der Waals surface area contributed by atoms with Gasteiger partial charge in [-0.05, 0) is 50.8 Å². The van der Waals surface area contributed by atoms with Crippen LogP contribution >= 0.6 is 11.6 Å². The molecule has 0 spiro atoms. The topological polar surface area (TPSA) is 27.0 Å². The lowest BCUT2D eigenvalue weighted by Gasteiger charge is -2.38. The van der Waals surface area contributed by atoms with Crippen molar-refractivity contribution in [2.45, 2.75) is 39.2 Å². The van der Waals surface area contributed by atoms with E-state index < -0.39 is 0 Å². The van der Waals surface area contributed by atoms with Gasteiger partial charge in [-0.2, -0.15) is 5.26 Å². The van der Waals surface area contributed by atoms with E-state index in [9.17, 15) is 0 Å². The van der Waals surface area contributed by atoms with E-state index >= 15 is 0 Å². The molecule has 0 N–H and O–H groups in total. The molecule has 1 fully saturated rings. The minimum atomic E-state index is 0.0190. The maximum Gasteiger partial charge on any atom is 0.0625 e. The van der Waals surface area contributed by atoms with E-state index in [2.05, 4.69) is 37.8 Å². The van der Waals surface area contributed by atoms with Gasteiger partial charge >= 0.3 is 0 Å². The molecule has 1 heterocycles. The van der Waals surface area contributed by atoms with Gasteiger partial charge in [-0.25, -0.2) is 0 Å². The Bertz CT molecular complexity index is 488. The first-order valence-corrected chi connectivity index (χ1v) is 6.75. The smallest absolute Gasteiger partial charge is 0.0625 e. The molecule has 0 amide bonds. The largest absolute Gasteiger partial charge is 0.366 e. The molecular weight excluding hydrogens is 244 g/mol. The number of nitrogens with zero attached hydrogens (tertiary/aromatic N) is 2. The van der Waals surface area contributed by atoms with Crippen molar-refractivity contribution in [1.82, 2.24) is 0 Å². The standard InChI is InChI=1S/C15H19ClN2/c1-11-4-5-13(16)10-14(11)18-9-7-12(6-8-17)15(18,2)3/h4-5,10,12H,6-7,9H2,1-3H3. The summed E-state index contributed by atoms with van der Waals surface area (Å²) < 4.78 is 0. The second-order valence-electron chi connectivity index (χ2n) is 5.58. The van der Waals surface area contributed by atoms with Crippen molar-refractivity contribution in [3.05, 3.63) is 28.8 Å². The van der Waals surface area contributed by atoms with Crippen LogP contribution in [0.4, 0.5) is 5.69 Å². The molecule has 96 valence electrons. The van der Waals surface area contributed by atoms with Crippen LogP contribution in [0.1, 0.15) is 32.3 Å². The second kappa shape index (κ2) is 4.82. The molecule has 1 aromatic carbocycles. The molecule has 2 rings (SSSR count). The SMILES string of the molecule is Cc1ccc(Cl)cc1N1CCC(CC#N)C1(C)C. The van der Waals surface area contributed by atoms with E-state index in [-0.39, 0.29) is 5.54 Å². The van der Waals surface area contributed by atoms with Gasteiger partial charge in [-0.3, -0.25) is 0 Å². The van der Waals surface area contributed by atoms with Crippen molar-refractivity contribution < 1.29 is 0 Å². The fourth-order valence-electron chi connectivity index (χ4n) is 2.91. The third kappa shape index (κ3) is 2.20. The summed E-state index contributed by atoms with van der Waals surface area (Å²) in [6.45, 7) is 7.56. The summed E-state index contributed by atoms with van der Waals surface area (Å²) in [5, 5.41) is 9.70. The Hall–Kier alpha value is -1.20. The van der Waals surface area contributed by atoms with Crippen molar-refractivity contribution >= 4 is 17.3 Å². The first-order valence-electron chi connectivity index (χ1n) is 6.37. The lowest BCUT2D eigenvalue weighted by Crippen LogP contribution is -2.42. The summed E-state index contributed by atoms with van der Waals surface area (Å²) in [5.41, 5.74) is 2.46. The van der Waals surface area contributed by atoms with Crippen molar-refractivity contribution in [1.29, 1.82) is 5.26 Å². The van der Waals surface area contributed by atoms with Crippen molar-refractivity contribution in [2.24, 2.45) is 5.92 Å². The van der Waals surface area contributed by atoms with E-state index in [1.165, 1.54) is 11.3 Å². The Balaban J connectivity index is 2.35. The number of anilines is 1. The van der Waals surface area contributed by atoms with Crippen LogP contribution in [0.15, 0.2) is 18.2 Å². The van der Waals surface area contributed by atoms with Crippen molar-refractivity contribution in [3.8, 4) is 6.07 Å². The summed E-state index contributed by atoms with van der Waals surface area (Å²) in [4.78, 5) is 2.40. The molecule has 0 aromatic heterocycles. The molecule has 1 aliphatic heterocycles. The maximum absolute atomic E-state index is 8.92. The van der Waals surface area contributed by atoms with Crippen LogP contribution in [0.3, 0.4) is 0 Å². The number of benzene rings is 1. The zero-order valence-corrected chi connectivity index (χ0v) is 12.0. The number of aryl methyl sites for hydroxylation is 1. The third-order valence-electron chi connectivity index (χ3n) is 4.20. The zero-order valence-electron chi connectivity index (χ0n) is 11.2. The Kier molecular flexibility index (Phi) is 3.54. The number of nitriles is 1. The number of rotatable bonds is 2. The second-order valence-corrected chi connectivity index (χ2v) is 6.02. The average molecular weight is 263 g/mol. The van der Waals surface area contributed by atoms with Gasteiger partial charge in [0, 0.05) is 29.2 Å². The highest BCUT2D eigenvalue weighted by atomic mass is 35.5. The average Bonchev–Trinajstić information content (AvgIpc) is 2.59. The Morgan fingerprint density at radius 2 is 2.22 bits per heavy atom. The monoisotopic (exact) mass is 262 g/mol. The molecule has 1 saturated heterocycles. The number of hydrogen-bond donors (Lipinski definition) is 0. The predicted octanol–water partition coefficient (Wildman–Crippen LogP) is 4.17. The predicted molar refractivity (Wildman–Crippen MR) is 76.0 cm³/mol. The van der Waals surface area contributed by atoms with Gasteiger partial charge in [-0.1, -0.05) is 17.7 Å². The quantitative estimate of drug-likeness (QED) is 0.800. The molecule has 0 bridgehead atoms. The van der Waals surface area contributed by atoms with Crippen LogP contribution in [-0.4, -0.2) is 12.1 Å². The Morgan fingerprint density at radius 1 is 1.50 bits per heavy atom. The van der Waals surface area contributed by atoms with Crippen LogP contribution in [0.5, 0.6) is 0 Å². The minimum absolute atomic E-state index is 0.0190. The highest BCUT2D eigenvalue weighted by Gasteiger charge is 2.41. The first kappa shape index (κ1) is 13.2. The fourth-order valence-corrected chi connectivity index (χ4v) is 3.08. The molecule has 2 nitrogen and oxygen atoms in total. The van der Waals surface area contributed by atoms with Gasteiger partial charge in [-0.15, -0.1) is 0 Å². The summed E-state index contributed by atoms with van der Waals surface area (Å²) in [6.07, 6.45) is 1.70. The highest BCUT2D eigenvalue weighted by molar-refractivity contribution is 6.30. The van der Waals surface area contributed by atoms with Gasteiger partial charge < -0.3 is 4.90 Å². The van der Waals surface area contributed by atoms with E-state index in [0.717, 1.165) is 18.0 Å². The zero-order chi connectivity index (χ0) is 13.3. The molecule has 1 atom stereocenters. The van der Waals surface area contributed by atoms with Gasteiger partial charge in [0.05, 0.1) is 6.07 Å². The van der Waals surface area contributed by atoms with E-state index in [4.69, 9.17) is 16.9 Å². The van der Waals surface area contributed by atoms with Gasteiger partial charge in [0.1, 0.15) is 0 Å². The maximum atomic E-state index is 8.92. The summed E-state index contributed by atoms with van der Waals surface area (Å²) in [6, 6.07) is 8.33. The van der Waals surface area contributed by atoms with Gasteiger partial charge in [0.2, 0.25) is 0 Å². The summed E-state index contributed by atoms with van der Waals surface area (Å²) in [7, 11) is 0. The molecule has 3 heteroatoms. The molecule has 18 heavy (non-hydrogen) atoms. The van der Waals surface area contributed by atoms with Crippen LogP contribution in [0, 0.1) is 24.2 Å². The van der Waals surface area contributed by atoms with E-state index in [1.54, 1.807) is 0 Å². The van der Waals surface area contributed by atoms with Crippen molar-refractivity contribution in [2.75, 3.05) is 11.4 Å². The molecule has 1 aromatic rings. The lowest BCUT2D eigenvalue weighted by atomic mass is 9.86. The minimum Gasteiger partial charge on any atom is -0.366 e. The third-order valence-corrected chi connectivity index (χ3v) is 4.43. The van der Waals surface area contributed by atoms with Gasteiger partial charge in [0.25, 0.3) is 0 Å². The molecule has 0 radical (unpaired) electrons. The van der Waals surface area contributed by atoms with Crippen molar-refractivity contribution in [3.63, 3.8) is 0 Å². The molecular formula is C15H19ClN2. The molecule has 1 aliphatic rings. The fraction of sp³-hybridized carbons (Fsp3) is 0.533. The first-order chi connectivity index (χ1) is 8.46. The Labute approximate surface area is 114 Å². The molecule has 0 aliphatic carbocycles. The molecule has 1 unspecified atom stereocenters. The number of hydrogen-bond acceptors (Lipinski definition) is 2. The van der Waals surface area contributed by atoms with E-state index in [1.807, 2.05) is 12.1 Å². The molecule has 0 saturated carbocycles. The summed E-state index contributed by atoms with van der Waals surface area (Å²) in [5.74, 6) is 0.431.